The molecule has 25 heavy (non-hydrogen) atoms. The van der Waals surface area contributed by atoms with Crippen LogP contribution in [0.25, 0.3) is 10.9 Å². The average molecular weight is 339 g/mol. The fourth-order valence-corrected chi connectivity index (χ4v) is 4.25. The molecule has 3 N–H and O–H groups in total. The molecule has 4 aliphatic rings. The highest BCUT2D eigenvalue weighted by Gasteiger charge is 2.35. The number of H-pyrrole nitrogens is 1. The van der Waals surface area contributed by atoms with Crippen molar-refractivity contribution in [3.05, 3.63) is 23.9 Å². The van der Waals surface area contributed by atoms with Crippen molar-refractivity contribution in [3.8, 4) is 0 Å². The number of carbonyl (C=O) groups excluding carboxylic acids is 1. The lowest BCUT2D eigenvalue weighted by molar-refractivity contribution is 0.0618. The van der Waals surface area contributed by atoms with E-state index in [1.54, 1.807) is 0 Å². The molecule has 6 heteroatoms. The molecule has 4 fully saturated rings. The molecule has 1 amide bonds. The van der Waals surface area contributed by atoms with Crippen LogP contribution in [0.5, 0.6) is 0 Å². The van der Waals surface area contributed by atoms with Gasteiger partial charge in [-0.2, -0.15) is 5.10 Å². The molecule has 4 heterocycles. The Kier molecular flexibility index (Phi) is 3.66. The standard InChI is InChI=1S/C19H25N5O/c25-19(21-17-11-24-7-5-13(17)6-8-24)18-15-9-14(20-10-12-1-2-12)3-4-16(15)22-23-18/h3-4,9,12-13,17,20H,1-2,5-8,10-11H2,(H,21,25)(H,22,23)/t17-/m1/s1. The first-order valence-corrected chi connectivity index (χ1v) is 9.51. The number of amides is 1. The number of hydrogen-bond donors (Lipinski definition) is 3. The van der Waals surface area contributed by atoms with Crippen molar-refractivity contribution in [1.29, 1.82) is 0 Å². The first-order chi connectivity index (χ1) is 12.3. The second-order valence-electron chi connectivity index (χ2n) is 7.87. The van der Waals surface area contributed by atoms with E-state index in [-0.39, 0.29) is 11.9 Å². The maximum Gasteiger partial charge on any atom is 0.272 e. The van der Waals surface area contributed by atoms with Crippen LogP contribution in [0.4, 0.5) is 5.69 Å². The first kappa shape index (κ1) is 15.2. The molecule has 1 aromatic carbocycles. The molecule has 132 valence electrons. The third-order valence-corrected chi connectivity index (χ3v) is 6.04. The molecule has 1 aliphatic carbocycles. The zero-order valence-corrected chi connectivity index (χ0v) is 14.4. The van der Waals surface area contributed by atoms with Gasteiger partial charge >= 0.3 is 0 Å². The van der Waals surface area contributed by atoms with Gasteiger partial charge in [-0.1, -0.05) is 0 Å². The number of rotatable bonds is 5. The number of piperidine rings is 3. The molecule has 1 saturated carbocycles. The minimum Gasteiger partial charge on any atom is -0.385 e. The van der Waals surface area contributed by atoms with Crippen LogP contribution in [0.15, 0.2) is 18.2 Å². The third kappa shape index (κ3) is 2.99. The Labute approximate surface area is 147 Å². The van der Waals surface area contributed by atoms with E-state index in [1.165, 1.54) is 38.8 Å². The van der Waals surface area contributed by atoms with Crippen molar-refractivity contribution in [2.45, 2.75) is 31.7 Å². The number of aromatic nitrogens is 2. The Morgan fingerprint density at radius 2 is 2.08 bits per heavy atom. The highest BCUT2D eigenvalue weighted by molar-refractivity contribution is 6.05. The van der Waals surface area contributed by atoms with E-state index in [4.69, 9.17) is 0 Å². The van der Waals surface area contributed by atoms with Crippen molar-refractivity contribution in [2.75, 3.05) is 31.5 Å². The van der Waals surface area contributed by atoms with Gasteiger partial charge < -0.3 is 15.5 Å². The van der Waals surface area contributed by atoms with Gasteiger partial charge in [0.15, 0.2) is 5.69 Å². The minimum absolute atomic E-state index is 0.0515. The molecule has 0 radical (unpaired) electrons. The normalized spacial score (nSPS) is 28.2. The van der Waals surface area contributed by atoms with E-state index in [9.17, 15) is 4.79 Å². The van der Waals surface area contributed by atoms with Crippen LogP contribution in [0.2, 0.25) is 0 Å². The van der Waals surface area contributed by atoms with Gasteiger partial charge in [-0.25, -0.2) is 0 Å². The first-order valence-electron chi connectivity index (χ1n) is 9.51. The van der Waals surface area contributed by atoms with Crippen LogP contribution >= 0.6 is 0 Å². The summed E-state index contributed by atoms with van der Waals surface area (Å²) in [7, 11) is 0. The molecule has 2 bridgehead atoms. The van der Waals surface area contributed by atoms with Crippen molar-refractivity contribution in [3.63, 3.8) is 0 Å². The number of carbonyl (C=O) groups is 1. The van der Waals surface area contributed by atoms with Gasteiger partial charge in [0, 0.05) is 30.2 Å². The molecule has 1 atom stereocenters. The summed E-state index contributed by atoms with van der Waals surface area (Å²) in [6, 6.07) is 6.37. The Balaban J connectivity index is 1.34. The smallest absolute Gasteiger partial charge is 0.272 e. The average Bonchev–Trinajstić information content (AvgIpc) is 3.38. The number of benzene rings is 1. The number of nitrogens with zero attached hydrogens (tertiary/aromatic N) is 2. The van der Waals surface area contributed by atoms with E-state index in [0.29, 0.717) is 11.6 Å². The van der Waals surface area contributed by atoms with E-state index < -0.39 is 0 Å². The SMILES string of the molecule is O=C(N[C@@H]1CN2CCC1CC2)c1n[nH]c2ccc(NCC3CC3)cc12. The van der Waals surface area contributed by atoms with Crippen molar-refractivity contribution in [2.24, 2.45) is 11.8 Å². The monoisotopic (exact) mass is 339 g/mol. The molecular weight excluding hydrogens is 314 g/mol. The Bertz CT molecular complexity index is 788. The second-order valence-corrected chi connectivity index (χ2v) is 7.87. The summed E-state index contributed by atoms with van der Waals surface area (Å²) >= 11 is 0. The quantitative estimate of drug-likeness (QED) is 0.781. The lowest BCUT2D eigenvalue weighted by Crippen LogP contribution is -2.57. The highest BCUT2D eigenvalue weighted by Crippen LogP contribution is 2.30. The fraction of sp³-hybridized carbons (Fsp3) is 0.579. The van der Waals surface area contributed by atoms with Crippen LogP contribution < -0.4 is 10.6 Å². The number of nitrogens with one attached hydrogen (secondary N) is 3. The summed E-state index contributed by atoms with van der Waals surface area (Å²) in [5, 5.41) is 14.9. The van der Waals surface area contributed by atoms with E-state index >= 15 is 0 Å². The van der Waals surface area contributed by atoms with Gasteiger partial charge in [0.25, 0.3) is 5.91 Å². The molecule has 3 aliphatic heterocycles. The van der Waals surface area contributed by atoms with E-state index in [1.807, 2.05) is 12.1 Å². The Morgan fingerprint density at radius 1 is 1.24 bits per heavy atom. The molecule has 0 unspecified atom stereocenters. The highest BCUT2D eigenvalue weighted by atomic mass is 16.2. The van der Waals surface area contributed by atoms with Crippen LogP contribution in [-0.2, 0) is 0 Å². The largest absolute Gasteiger partial charge is 0.385 e. The Morgan fingerprint density at radius 3 is 2.80 bits per heavy atom. The molecule has 1 aromatic heterocycles. The zero-order chi connectivity index (χ0) is 16.8. The predicted octanol–water partition coefficient (Wildman–Crippen LogP) is 2.21. The fourth-order valence-electron chi connectivity index (χ4n) is 4.25. The topological polar surface area (TPSA) is 73.0 Å². The number of fused-ring (bicyclic) bond motifs is 4. The van der Waals surface area contributed by atoms with Crippen molar-refractivity contribution >= 4 is 22.5 Å². The number of anilines is 1. The summed E-state index contributed by atoms with van der Waals surface area (Å²) in [4.78, 5) is 15.3. The summed E-state index contributed by atoms with van der Waals surface area (Å²) in [6.07, 6.45) is 5.05. The van der Waals surface area contributed by atoms with Crippen LogP contribution in [-0.4, -0.2) is 53.2 Å². The molecule has 0 spiro atoms. The van der Waals surface area contributed by atoms with E-state index in [2.05, 4.69) is 31.8 Å². The molecular formula is C19H25N5O. The van der Waals surface area contributed by atoms with Gasteiger partial charge in [-0.15, -0.1) is 0 Å². The van der Waals surface area contributed by atoms with Crippen LogP contribution in [0.3, 0.4) is 0 Å². The van der Waals surface area contributed by atoms with E-state index in [0.717, 1.165) is 35.6 Å². The van der Waals surface area contributed by atoms with Gasteiger partial charge in [-0.3, -0.25) is 9.89 Å². The summed E-state index contributed by atoms with van der Waals surface area (Å²) in [5.41, 5.74) is 2.50. The van der Waals surface area contributed by atoms with Crippen LogP contribution in [0, 0.1) is 11.8 Å². The second kappa shape index (κ2) is 6.02. The number of hydrogen-bond acceptors (Lipinski definition) is 4. The minimum atomic E-state index is -0.0515. The zero-order valence-electron chi connectivity index (χ0n) is 14.4. The summed E-state index contributed by atoms with van der Waals surface area (Å²) in [5.74, 6) is 1.39. The summed E-state index contributed by atoms with van der Waals surface area (Å²) in [6.45, 7) is 4.36. The third-order valence-electron chi connectivity index (χ3n) is 6.04. The van der Waals surface area contributed by atoms with Gasteiger partial charge in [0.05, 0.1) is 5.52 Å². The molecule has 3 saturated heterocycles. The Hall–Kier alpha value is -2.08. The van der Waals surface area contributed by atoms with Crippen LogP contribution in [0.1, 0.15) is 36.2 Å². The molecule has 6 nitrogen and oxygen atoms in total. The molecule has 2 aromatic rings. The van der Waals surface area contributed by atoms with Crippen molar-refractivity contribution < 1.29 is 4.79 Å². The maximum absolute atomic E-state index is 12.8. The van der Waals surface area contributed by atoms with Crippen molar-refractivity contribution in [1.82, 2.24) is 20.4 Å². The molecule has 6 rings (SSSR count). The number of aromatic amines is 1. The van der Waals surface area contributed by atoms with Gasteiger partial charge in [0.2, 0.25) is 0 Å². The lowest BCUT2D eigenvalue weighted by Gasteiger charge is -2.44. The summed E-state index contributed by atoms with van der Waals surface area (Å²) < 4.78 is 0. The van der Waals surface area contributed by atoms with Gasteiger partial charge in [0.1, 0.15) is 0 Å². The lowest BCUT2D eigenvalue weighted by atomic mass is 9.84. The van der Waals surface area contributed by atoms with Gasteiger partial charge in [-0.05, 0) is 68.8 Å². The maximum atomic E-state index is 12.8. The predicted molar refractivity (Wildman–Crippen MR) is 97.7 cm³/mol.